The molecule has 27 heavy (non-hydrogen) atoms. The van der Waals surface area contributed by atoms with Gasteiger partial charge < -0.3 is 9.47 Å². The molecule has 1 aromatic heterocycles. The Morgan fingerprint density at radius 3 is 2.56 bits per heavy atom. The van der Waals surface area contributed by atoms with Crippen LogP contribution in [0.15, 0.2) is 35.4 Å². The third kappa shape index (κ3) is 4.58. The van der Waals surface area contributed by atoms with Gasteiger partial charge in [0.05, 0.1) is 22.8 Å². The predicted octanol–water partition coefficient (Wildman–Crippen LogP) is 3.66. The van der Waals surface area contributed by atoms with Crippen LogP contribution in [0, 0.1) is 22.7 Å². The molecule has 0 radical (unpaired) electrons. The highest BCUT2D eigenvalue weighted by Crippen LogP contribution is 2.40. The van der Waals surface area contributed by atoms with Crippen LogP contribution in [0.3, 0.4) is 0 Å². The molecule has 0 bridgehead atoms. The number of hydrogen-bond donors (Lipinski definition) is 0. The standard InChI is InChI=1S/C20H17N3O3S/c1-27-19-17(12-22)16(10-18(23-19)14-4-5-14)20(24)26-9-8-25-15-6-2-13(11-21)3-7-15/h2-3,6-7,10,14H,4-5,8-9H2,1H3. The van der Waals surface area contributed by atoms with Gasteiger partial charge in [0.15, 0.2) is 0 Å². The Morgan fingerprint density at radius 2 is 1.96 bits per heavy atom. The Kier molecular flexibility index (Phi) is 5.95. The molecule has 0 saturated heterocycles. The van der Waals surface area contributed by atoms with E-state index in [9.17, 15) is 10.1 Å². The molecule has 0 unspecified atom stereocenters. The summed E-state index contributed by atoms with van der Waals surface area (Å²) in [6, 6.07) is 12.5. The average Bonchev–Trinajstić information content (AvgIpc) is 3.55. The molecular formula is C20H17N3O3S. The molecule has 136 valence electrons. The van der Waals surface area contributed by atoms with E-state index in [0.717, 1.165) is 18.5 Å². The monoisotopic (exact) mass is 379 g/mol. The van der Waals surface area contributed by atoms with E-state index in [0.29, 0.717) is 22.3 Å². The highest BCUT2D eigenvalue weighted by atomic mass is 32.2. The first-order chi connectivity index (χ1) is 13.2. The van der Waals surface area contributed by atoms with Gasteiger partial charge in [0.1, 0.15) is 30.1 Å². The van der Waals surface area contributed by atoms with E-state index >= 15 is 0 Å². The molecule has 1 aliphatic rings. The number of ether oxygens (including phenoxy) is 2. The predicted molar refractivity (Wildman–Crippen MR) is 99.6 cm³/mol. The number of aromatic nitrogens is 1. The van der Waals surface area contributed by atoms with Crippen LogP contribution in [0.1, 0.15) is 45.9 Å². The molecule has 6 nitrogen and oxygen atoms in total. The Bertz CT molecular complexity index is 925. The van der Waals surface area contributed by atoms with Crippen molar-refractivity contribution in [1.82, 2.24) is 4.98 Å². The second kappa shape index (κ2) is 8.57. The molecule has 0 N–H and O–H groups in total. The van der Waals surface area contributed by atoms with E-state index in [1.165, 1.54) is 11.8 Å². The van der Waals surface area contributed by atoms with Gasteiger partial charge in [-0.1, -0.05) is 0 Å². The van der Waals surface area contributed by atoms with Crippen molar-refractivity contribution in [3.8, 4) is 17.9 Å². The third-order valence-corrected chi connectivity index (χ3v) is 4.78. The van der Waals surface area contributed by atoms with Gasteiger partial charge >= 0.3 is 5.97 Å². The quantitative estimate of drug-likeness (QED) is 0.411. The summed E-state index contributed by atoms with van der Waals surface area (Å²) in [6.45, 7) is 0.231. The zero-order chi connectivity index (χ0) is 19.2. The first-order valence-corrected chi connectivity index (χ1v) is 9.68. The Morgan fingerprint density at radius 1 is 1.22 bits per heavy atom. The van der Waals surface area contributed by atoms with Crippen LogP contribution in [-0.2, 0) is 4.74 Å². The molecule has 1 aromatic carbocycles. The van der Waals surface area contributed by atoms with E-state index in [1.54, 1.807) is 30.3 Å². The highest BCUT2D eigenvalue weighted by molar-refractivity contribution is 7.98. The second-order valence-electron chi connectivity index (χ2n) is 5.99. The van der Waals surface area contributed by atoms with E-state index in [1.807, 2.05) is 12.3 Å². The third-order valence-electron chi connectivity index (χ3n) is 4.10. The van der Waals surface area contributed by atoms with E-state index in [-0.39, 0.29) is 24.3 Å². The van der Waals surface area contributed by atoms with Crippen molar-refractivity contribution in [2.24, 2.45) is 0 Å². The normalized spacial score (nSPS) is 12.7. The van der Waals surface area contributed by atoms with E-state index < -0.39 is 5.97 Å². The van der Waals surface area contributed by atoms with Crippen LogP contribution < -0.4 is 4.74 Å². The van der Waals surface area contributed by atoms with Gasteiger partial charge in [-0.2, -0.15) is 10.5 Å². The van der Waals surface area contributed by atoms with Crippen LogP contribution in [0.25, 0.3) is 0 Å². The molecule has 0 aliphatic heterocycles. The number of carbonyl (C=O) groups excluding carboxylic acids is 1. The lowest BCUT2D eigenvalue weighted by Gasteiger charge is -2.11. The topological polar surface area (TPSA) is 96.0 Å². The molecule has 1 aliphatic carbocycles. The van der Waals surface area contributed by atoms with Crippen LogP contribution in [-0.4, -0.2) is 30.4 Å². The van der Waals surface area contributed by atoms with E-state index in [4.69, 9.17) is 14.7 Å². The SMILES string of the molecule is CSc1nc(C2CC2)cc(C(=O)OCCOc2ccc(C#N)cc2)c1C#N. The van der Waals surface area contributed by atoms with Gasteiger partial charge in [-0.25, -0.2) is 9.78 Å². The number of benzene rings is 1. The summed E-state index contributed by atoms with van der Waals surface area (Å²) in [6.07, 6.45) is 3.94. The summed E-state index contributed by atoms with van der Waals surface area (Å²) >= 11 is 1.35. The molecule has 1 heterocycles. The summed E-state index contributed by atoms with van der Waals surface area (Å²) in [4.78, 5) is 17.0. The van der Waals surface area contributed by atoms with Crippen LogP contribution >= 0.6 is 11.8 Å². The first kappa shape index (κ1) is 18.8. The fourth-order valence-corrected chi connectivity index (χ4v) is 3.10. The number of rotatable bonds is 7. The van der Waals surface area contributed by atoms with Crippen molar-refractivity contribution in [2.45, 2.75) is 23.8 Å². The molecule has 1 fully saturated rings. The van der Waals surface area contributed by atoms with Gasteiger partial charge in [0.25, 0.3) is 0 Å². The smallest absolute Gasteiger partial charge is 0.339 e. The van der Waals surface area contributed by atoms with Gasteiger partial charge in [0.2, 0.25) is 0 Å². The minimum Gasteiger partial charge on any atom is -0.490 e. The molecule has 1 saturated carbocycles. The summed E-state index contributed by atoms with van der Waals surface area (Å²) in [7, 11) is 0. The molecular weight excluding hydrogens is 362 g/mol. The zero-order valence-corrected chi connectivity index (χ0v) is 15.6. The Balaban J connectivity index is 1.62. The number of hydrogen-bond acceptors (Lipinski definition) is 7. The lowest BCUT2D eigenvalue weighted by Crippen LogP contribution is -2.15. The largest absolute Gasteiger partial charge is 0.490 e. The average molecular weight is 379 g/mol. The van der Waals surface area contributed by atoms with Crippen molar-refractivity contribution in [3.05, 3.63) is 52.7 Å². The minimum atomic E-state index is -0.547. The fourth-order valence-electron chi connectivity index (χ4n) is 2.54. The van der Waals surface area contributed by atoms with Crippen molar-refractivity contribution in [3.63, 3.8) is 0 Å². The van der Waals surface area contributed by atoms with Gasteiger partial charge in [-0.3, -0.25) is 0 Å². The minimum absolute atomic E-state index is 0.0549. The van der Waals surface area contributed by atoms with Crippen molar-refractivity contribution in [1.29, 1.82) is 10.5 Å². The molecule has 2 aromatic rings. The number of pyridine rings is 1. The van der Waals surface area contributed by atoms with Gasteiger partial charge in [-0.15, -0.1) is 11.8 Å². The number of esters is 1. The molecule has 0 spiro atoms. The lowest BCUT2D eigenvalue weighted by molar-refractivity contribution is 0.0449. The summed E-state index contributed by atoms with van der Waals surface area (Å²) in [5, 5.41) is 18.8. The lowest BCUT2D eigenvalue weighted by atomic mass is 10.1. The zero-order valence-electron chi connectivity index (χ0n) is 14.8. The Hall–Kier alpha value is -3.03. The van der Waals surface area contributed by atoms with Crippen molar-refractivity contribution in [2.75, 3.05) is 19.5 Å². The highest BCUT2D eigenvalue weighted by Gasteiger charge is 2.28. The number of carbonyl (C=O) groups is 1. The number of nitrogens with zero attached hydrogens (tertiary/aromatic N) is 3. The maximum absolute atomic E-state index is 12.5. The van der Waals surface area contributed by atoms with Crippen LogP contribution in [0.5, 0.6) is 5.75 Å². The number of nitriles is 2. The van der Waals surface area contributed by atoms with Crippen molar-refractivity contribution >= 4 is 17.7 Å². The summed E-state index contributed by atoms with van der Waals surface area (Å²) < 4.78 is 10.8. The maximum atomic E-state index is 12.5. The van der Waals surface area contributed by atoms with Crippen LogP contribution in [0.4, 0.5) is 0 Å². The number of thioether (sulfide) groups is 1. The van der Waals surface area contributed by atoms with Crippen molar-refractivity contribution < 1.29 is 14.3 Å². The Labute approximate surface area is 161 Å². The van der Waals surface area contributed by atoms with Crippen LogP contribution in [0.2, 0.25) is 0 Å². The molecule has 3 rings (SSSR count). The summed E-state index contributed by atoms with van der Waals surface area (Å²) in [5.74, 6) is 0.414. The van der Waals surface area contributed by atoms with E-state index in [2.05, 4.69) is 11.1 Å². The summed E-state index contributed by atoms with van der Waals surface area (Å²) in [5.41, 5.74) is 1.91. The molecule has 0 amide bonds. The first-order valence-electron chi connectivity index (χ1n) is 8.45. The maximum Gasteiger partial charge on any atom is 0.339 e. The van der Waals surface area contributed by atoms with Gasteiger partial charge in [0, 0.05) is 11.6 Å². The fraction of sp³-hybridized carbons (Fsp3) is 0.300. The molecule has 0 atom stereocenters. The molecule has 7 heteroatoms. The second-order valence-corrected chi connectivity index (χ2v) is 6.78. The van der Waals surface area contributed by atoms with Gasteiger partial charge in [-0.05, 0) is 49.4 Å².